The van der Waals surface area contributed by atoms with Crippen LogP contribution in [0.25, 0.3) is 0 Å². The Morgan fingerprint density at radius 3 is 2.54 bits per heavy atom. The lowest BCUT2D eigenvalue weighted by molar-refractivity contribution is -0.128. The number of ether oxygens (including phenoxy) is 1. The van der Waals surface area contributed by atoms with Crippen LogP contribution in [0.3, 0.4) is 0 Å². The third-order valence-electron chi connectivity index (χ3n) is 4.68. The fraction of sp³-hybridized carbons (Fsp3) is 0.500. The minimum Gasteiger partial charge on any atom is -0.394 e. The van der Waals surface area contributed by atoms with E-state index in [-0.39, 0.29) is 30.9 Å². The Labute approximate surface area is 153 Å². The number of amides is 2. The molecule has 6 heteroatoms. The Balaban J connectivity index is 1.45. The minimum atomic E-state index is -0.532. The number of hydrogen-bond acceptors (Lipinski definition) is 4. The van der Waals surface area contributed by atoms with Crippen molar-refractivity contribution in [1.82, 2.24) is 10.6 Å². The van der Waals surface area contributed by atoms with Crippen LogP contribution >= 0.6 is 0 Å². The van der Waals surface area contributed by atoms with Gasteiger partial charge in [-0.05, 0) is 24.3 Å². The monoisotopic (exact) mass is 358 g/mol. The molecule has 0 bridgehead atoms. The second kappa shape index (κ2) is 8.96. The van der Waals surface area contributed by atoms with Gasteiger partial charge in [0.05, 0.1) is 25.2 Å². The van der Waals surface area contributed by atoms with Gasteiger partial charge in [-0.25, -0.2) is 0 Å². The predicted octanol–water partition coefficient (Wildman–Crippen LogP) is 1.29. The Morgan fingerprint density at radius 1 is 1.08 bits per heavy atom. The van der Waals surface area contributed by atoms with Crippen LogP contribution in [0, 0.1) is 5.92 Å². The van der Waals surface area contributed by atoms with E-state index >= 15 is 0 Å². The molecule has 3 rings (SSSR count). The van der Waals surface area contributed by atoms with Gasteiger partial charge in [-0.15, -0.1) is 0 Å². The molecular formula is C20H26N2O4. The summed E-state index contributed by atoms with van der Waals surface area (Å²) in [7, 11) is 0. The average molecular weight is 358 g/mol. The Bertz CT molecular complexity index is 642. The van der Waals surface area contributed by atoms with Crippen LogP contribution in [-0.2, 0) is 20.9 Å². The maximum Gasteiger partial charge on any atom is 0.223 e. The first-order valence-corrected chi connectivity index (χ1v) is 9.18. The van der Waals surface area contributed by atoms with E-state index < -0.39 is 12.2 Å². The van der Waals surface area contributed by atoms with Crippen molar-refractivity contribution in [2.75, 3.05) is 6.61 Å². The molecular weight excluding hydrogens is 332 g/mol. The second-order valence-corrected chi connectivity index (χ2v) is 6.99. The molecule has 26 heavy (non-hydrogen) atoms. The van der Waals surface area contributed by atoms with Gasteiger partial charge in [0.1, 0.15) is 6.10 Å². The van der Waals surface area contributed by atoms with Gasteiger partial charge in [-0.2, -0.15) is 0 Å². The standard InChI is InChI=1S/C20H26N2O4/c23-13-18-17(22-20(25)10-14-6-7-14)9-8-16(26-18)11-19(24)21-12-15-4-2-1-3-5-15/h1-5,8-9,14,16-18,23H,6-7,10-13H2,(H,21,24)(H,22,25)/t16-,17-,18-/m0/s1. The van der Waals surface area contributed by atoms with Crippen molar-refractivity contribution in [2.45, 2.75) is 50.5 Å². The molecule has 6 nitrogen and oxygen atoms in total. The van der Waals surface area contributed by atoms with E-state index in [1.807, 2.05) is 36.4 Å². The van der Waals surface area contributed by atoms with Gasteiger partial charge in [0.15, 0.2) is 0 Å². The molecule has 3 N–H and O–H groups in total. The molecule has 3 atom stereocenters. The summed E-state index contributed by atoms with van der Waals surface area (Å²) in [6, 6.07) is 9.34. The SMILES string of the molecule is O=C(C[C@@H]1C=C[C@H](NC(=O)CC2CC2)[C@H](CO)O1)NCc1ccccc1. The van der Waals surface area contributed by atoms with Crippen LogP contribution in [-0.4, -0.2) is 41.8 Å². The molecule has 1 heterocycles. The van der Waals surface area contributed by atoms with Crippen molar-refractivity contribution in [3.63, 3.8) is 0 Å². The number of nitrogens with one attached hydrogen (secondary N) is 2. The fourth-order valence-corrected chi connectivity index (χ4v) is 3.02. The lowest BCUT2D eigenvalue weighted by atomic mass is 10.0. The number of aliphatic hydroxyl groups is 1. The summed E-state index contributed by atoms with van der Waals surface area (Å²) in [6.07, 6.45) is 5.63. The van der Waals surface area contributed by atoms with Gasteiger partial charge < -0.3 is 20.5 Å². The van der Waals surface area contributed by atoms with Crippen molar-refractivity contribution < 1.29 is 19.4 Å². The first-order chi connectivity index (χ1) is 12.6. The molecule has 0 aromatic heterocycles. The van der Waals surface area contributed by atoms with Gasteiger partial charge in [0, 0.05) is 13.0 Å². The molecule has 1 fully saturated rings. The summed E-state index contributed by atoms with van der Waals surface area (Å²) in [5.74, 6) is 0.386. The number of aliphatic hydroxyl groups excluding tert-OH is 1. The highest BCUT2D eigenvalue weighted by molar-refractivity contribution is 5.77. The smallest absolute Gasteiger partial charge is 0.223 e. The van der Waals surface area contributed by atoms with Gasteiger partial charge in [0.2, 0.25) is 11.8 Å². The third-order valence-corrected chi connectivity index (χ3v) is 4.68. The molecule has 0 saturated heterocycles. The van der Waals surface area contributed by atoms with E-state index in [1.165, 1.54) is 0 Å². The number of rotatable bonds is 8. The quantitative estimate of drug-likeness (QED) is 0.611. The van der Waals surface area contributed by atoms with Crippen molar-refractivity contribution in [3.8, 4) is 0 Å². The van der Waals surface area contributed by atoms with Crippen LogP contribution in [0.2, 0.25) is 0 Å². The molecule has 0 unspecified atom stereocenters. The molecule has 1 aliphatic heterocycles. The summed E-state index contributed by atoms with van der Waals surface area (Å²) in [5, 5.41) is 15.3. The van der Waals surface area contributed by atoms with Crippen LogP contribution < -0.4 is 10.6 Å². The van der Waals surface area contributed by atoms with E-state index in [1.54, 1.807) is 6.08 Å². The normalized spacial score (nSPS) is 24.9. The minimum absolute atomic E-state index is 0.0109. The van der Waals surface area contributed by atoms with E-state index in [9.17, 15) is 14.7 Å². The first-order valence-electron chi connectivity index (χ1n) is 9.18. The third kappa shape index (κ3) is 5.68. The van der Waals surface area contributed by atoms with E-state index in [2.05, 4.69) is 10.6 Å². The second-order valence-electron chi connectivity index (χ2n) is 6.99. The highest BCUT2D eigenvalue weighted by Gasteiger charge is 2.31. The van der Waals surface area contributed by atoms with Gasteiger partial charge in [-0.3, -0.25) is 9.59 Å². The van der Waals surface area contributed by atoms with Crippen molar-refractivity contribution >= 4 is 11.8 Å². The Morgan fingerprint density at radius 2 is 1.85 bits per heavy atom. The molecule has 1 aromatic carbocycles. The first kappa shape index (κ1) is 18.6. The van der Waals surface area contributed by atoms with Gasteiger partial charge >= 0.3 is 0 Å². The van der Waals surface area contributed by atoms with Gasteiger partial charge in [0.25, 0.3) is 0 Å². The summed E-state index contributed by atoms with van der Waals surface area (Å²) >= 11 is 0. The molecule has 0 spiro atoms. The van der Waals surface area contributed by atoms with Crippen molar-refractivity contribution in [2.24, 2.45) is 5.92 Å². The van der Waals surface area contributed by atoms with Crippen LogP contribution in [0.1, 0.15) is 31.2 Å². The summed E-state index contributed by atoms with van der Waals surface area (Å²) in [5.41, 5.74) is 1.03. The van der Waals surface area contributed by atoms with E-state index in [4.69, 9.17) is 4.74 Å². The van der Waals surface area contributed by atoms with Crippen LogP contribution in [0.15, 0.2) is 42.5 Å². The number of hydrogen-bond donors (Lipinski definition) is 3. The van der Waals surface area contributed by atoms with Crippen molar-refractivity contribution in [3.05, 3.63) is 48.0 Å². The van der Waals surface area contributed by atoms with Crippen molar-refractivity contribution in [1.29, 1.82) is 0 Å². The number of carbonyl (C=O) groups excluding carboxylic acids is 2. The van der Waals surface area contributed by atoms with E-state index in [0.29, 0.717) is 18.9 Å². The number of benzene rings is 1. The molecule has 1 saturated carbocycles. The molecule has 140 valence electrons. The highest BCUT2D eigenvalue weighted by atomic mass is 16.5. The van der Waals surface area contributed by atoms with Crippen LogP contribution in [0.4, 0.5) is 0 Å². The van der Waals surface area contributed by atoms with Crippen LogP contribution in [0.5, 0.6) is 0 Å². The summed E-state index contributed by atoms with van der Waals surface area (Å²) in [6.45, 7) is 0.264. The average Bonchev–Trinajstić information content (AvgIpc) is 3.46. The molecule has 2 amide bonds. The Hall–Kier alpha value is -2.18. The lowest BCUT2D eigenvalue weighted by Gasteiger charge is -2.31. The molecule has 1 aromatic rings. The maximum absolute atomic E-state index is 12.1. The molecule has 2 aliphatic rings. The Kier molecular flexibility index (Phi) is 6.41. The number of carbonyl (C=O) groups is 2. The van der Waals surface area contributed by atoms with E-state index in [0.717, 1.165) is 18.4 Å². The lowest BCUT2D eigenvalue weighted by Crippen LogP contribution is -2.49. The molecule has 1 aliphatic carbocycles. The highest BCUT2D eigenvalue weighted by Crippen LogP contribution is 2.32. The summed E-state index contributed by atoms with van der Waals surface area (Å²) in [4.78, 5) is 24.1. The zero-order valence-electron chi connectivity index (χ0n) is 14.8. The topological polar surface area (TPSA) is 87.7 Å². The summed E-state index contributed by atoms with van der Waals surface area (Å²) < 4.78 is 5.78. The molecule has 0 radical (unpaired) electrons. The largest absolute Gasteiger partial charge is 0.394 e. The zero-order valence-corrected chi connectivity index (χ0v) is 14.8. The van der Waals surface area contributed by atoms with Gasteiger partial charge in [-0.1, -0.05) is 42.5 Å². The zero-order chi connectivity index (χ0) is 18.4. The maximum atomic E-state index is 12.1. The predicted molar refractivity (Wildman–Crippen MR) is 97.1 cm³/mol. The fourth-order valence-electron chi connectivity index (χ4n) is 3.02.